The molecule has 17 heavy (non-hydrogen) atoms. The minimum Gasteiger partial charge on any atom is -0.327 e. The molecule has 1 rings (SSSR count). The van der Waals surface area contributed by atoms with Crippen LogP contribution in [0.25, 0.3) is 0 Å². The van der Waals surface area contributed by atoms with Crippen molar-refractivity contribution >= 4 is 23.4 Å². The van der Waals surface area contributed by atoms with Gasteiger partial charge >= 0.3 is 0 Å². The van der Waals surface area contributed by atoms with Crippen LogP contribution < -0.4 is 5.73 Å². The van der Waals surface area contributed by atoms with Crippen molar-refractivity contribution in [3.05, 3.63) is 34.6 Å². The van der Waals surface area contributed by atoms with Crippen LogP contribution in [-0.4, -0.2) is 16.5 Å². The standard InChI is InChI=1S/C13H19ClFNS/c1-13(2,3)17-8-10(16)6-9-4-5-12(15)11(14)7-9/h4-5,7,10H,6,8,16H2,1-3H3. The van der Waals surface area contributed by atoms with Gasteiger partial charge in [-0.1, -0.05) is 38.4 Å². The largest absolute Gasteiger partial charge is 0.327 e. The summed E-state index contributed by atoms with van der Waals surface area (Å²) < 4.78 is 13.2. The lowest BCUT2D eigenvalue weighted by atomic mass is 10.1. The molecule has 0 aromatic heterocycles. The highest BCUT2D eigenvalue weighted by molar-refractivity contribution is 8.00. The lowest BCUT2D eigenvalue weighted by Gasteiger charge is -2.20. The smallest absolute Gasteiger partial charge is 0.141 e. The van der Waals surface area contributed by atoms with E-state index in [1.54, 1.807) is 12.1 Å². The van der Waals surface area contributed by atoms with Crippen LogP contribution in [0.1, 0.15) is 26.3 Å². The third kappa shape index (κ3) is 5.75. The molecule has 0 aliphatic carbocycles. The Morgan fingerprint density at radius 1 is 1.41 bits per heavy atom. The van der Waals surface area contributed by atoms with E-state index in [2.05, 4.69) is 20.8 Å². The molecular weight excluding hydrogens is 257 g/mol. The quantitative estimate of drug-likeness (QED) is 0.902. The van der Waals surface area contributed by atoms with E-state index in [0.29, 0.717) is 0 Å². The Kier molecular flexibility index (Phi) is 5.29. The number of hydrogen-bond acceptors (Lipinski definition) is 2. The number of hydrogen-bond donors (Lipinski definition) is 1. The van der Waals surface area contributed by atoms with Crippen molar-refractivity contribution in [1.82, 2.24) is 0 Å². The topological polar surface area (TPSA) is 26.0 Å². The predicted octanol–water partition coefficient (Wildman–Crippen LogP) is 3.88. The summed E-state index contributed by atoms with van der Waals surface area (Å²) in [5.41, 5.74) is 7.03. The van der Waals surface area contributed by atoms with Gasteiger partial charge in [-0.3, -0.25) is 0 Å². The fourth-order valence-corrected chi connectivity index (χ4v) is 2.42. The van der Waals surface area contributed by atoms with Crippen molar-refractivity contribution < 1.29 is 4.39 Å². The molecule has 96 valence electrons. The van der Waals surface area contributed by atoms with Gasteiger partial charge in [-0.2, -0.15) is 11.8 Å². The van der Waals surface area contributed by atoms with E-state index in [1.165, 1.54) is 6.07 Å². The first-order valence-corrected chi connectivity index (χ1v) is 6.98. The number of halogens is 2. The van der Waals surface area contributed by atoms with Crippen LogP contribution in [0, 0.1) is 5.82 Å². The van der Waals surface area contributed by atoms with E-state index in [9.17, 15) is 4.39 Å². The summed E-state index contributed by atoms with van der Waals surface area (Å²) in [7, 11) is 0. The van der Waals surface area contributed by atoms with E-state index < -0.39 is 0 Å². The van der Waals surface area contributed by atoms with Crippen molar-refractivity contribution in [3.8, 4) is 0 Å². The minimum absolute atomic E-state index is 0.0701. The first kappa shape index (κ1) is 14.8. The summed E-state index contributed by atoms with van der Waals surface area (Å²) in [5, 5.41) is 0.165. The Morgan fingerprint density at radius 2 is 2.06 bits per heavy atom. The van der Waals surface area contributed by atoms with Crippen LogP contribution in [0.2, 0.25) is 5.02 Å². The van der Waals surface area contributed by atoms with Crippen molar-refractivity contribution in [2.45, 2.75) is 38.0 Å². The van der Waals surface area contributed by atoms with Gasteiger partial charge in [-0.05, 0) is 24.1 Å². The monoisotopic (exact) mass is 275 g/mol. The second-order valence-electron chi connectivity index (χ2n) is 5.14. The minimum atomic E-state index is -0.381. The lowest BCUT2D eigenvalue weighted by Crippen LogP contribution is -2.27. The first-order chi connectivity index (χ1) is 7.78. The average Bonchev–Trinajstić information content (AvgIpc) is 2.20. The molecule has 1 aromatic carbocycles. The summed E-state index contributed by atoms with van der Waals surface area (Å²) in [5.74, 6) is 0.506. The van der Waals surface area contributed by atoms with Crippen LogP contribution in [-0.2, 0) is 6.42 Å². The molecule has 0 aliphatic rings. The number of thioether (sulfide) groups is 1. The van der Waals surface area contributed by atoms with Gasteiger partial charge < -0.3 is 5.73 Å². The summed E-state index contributed by atoms with van der Waals surface area (Å²) >= 11 is 7.56. The molecule has 0 radical (unpaired) electrons. The Morgan fingerprint density at radius 3 is 2.59 bits per heavy atom. The van der Waals surface area contributed by atoms with Crippen molar-refractivity contribution in [2.24, 2.45) is 5.73 Å². The average molecular weight is 276 g/mol. The molecule has 0 fully saturated rings. The summed E-state index contributed by atoms with van der Waals surface area (Å²) in [6.45, 7) is 6.50. The molecule has 0 heterocycles. The Hall–Kier alpha value is -0.250. The molecule has 0 saturated carbocycles. The summed E-state index contributed by atoms with van der Waals surface area (Å²) in [6, 6.07) is 4.85. The van der Waals surface area contributed by atoms with E-state index in [1.807, 2.05) is 11.8 Å². The zero-order valence-corrected chi connectivity index (χ0v) is 12.0. The molecule has 0 saturated heterocycles. The van der Waals surface area contributed by atoms with Crippen LogP contribution in [0.5, 0.6) is 0 Å². The van der Waals surface area contributed by atoms with Gasteiger partial charge in [0.15, 0.2) is 0 Å². The third-order valence-corrected chi connectivity index (χ3v) is 3.96. The van der Waals surface area contributed by atoms with Crippen LogP contribution in [0.15, 0.2) is 18.2 Å². The van der Waals surface area contributed by atoms with Gasteiger partial charge in [0.25, 0.3) is 0 Å². The van der Waals surface area contributed by atoms with Gasteiger partial charge in [0, 0.05) is 16.5 Å². The SMILES string of the molecule is CC(C)(C)SCC(N)Cc1ccc(F)c(Cl)c1. The highest BCUT2D eigenvalue weighted by Crippen LogP contribution is 2.24. The number of nitrogens with two attached hydrogens (primary N) is 1. The summed E-state index contributed by atoms with van der Waals surface area (Å²) in [4.78, 5) is 0. The molecule has 2 N–H and O–H groups in total. The van der Waals surface area contributed by atoms with Crippen molar-refractivity contribution in [1.29, 1.82) is 0 Å². The molecule has 1 atom stereocenters. The Labute approximate surface area is 112 Å². The van der Waals surface area contributed by atoms with Gasteiger partial charge in [-0.25, -0.2) is 4.39 Å². The van der Waals surface area contributed by atoms with Gasteiger partial charge in [-0.15, -0.1) is 0 Å². The Bertz CT molecular complexity index is 376. The van der Waals surface area contributed by atoms with Gasteiger partial charge in [0.05, 0.1) is 5.02 Å². The maximum absolute atomic E-state index is 13.0. The van der Waals surface area contributed by atoms with E-state index in [-0.39, 0.29) is 21.6 Å². The molecule has 0 amide bonds. The first-order valence-electron chi connectivity index (χ1n) is 5.61. The molecule has 0 aliphatic heterocycles. The maximum atomic E-state index is 13.0. The molecule has 1 nitrogen and oxygen atoms in total. The van der Waals surface area contributed by atoms with Crippen molar-refractivity contribution in [2.75, 3.05) is 5.75 Å². The lowest BCUT2D eigenvalue weighted by molar-refractivity contribution is 0.626. The fraction of sp³-hybridized carbons (Fsp3) is 0.538. The second-order valence-corrected chi connectivity index (χ2v) is 7.39. The normalized spacial score (nSPS) is 13.8. The highest BCUT2D eigenvalue weighted by atomic mass is 35.5. The highest BCUT2D eigenvalue weighted by Gasteiger charge is 2.14. The second kappa shape index (κ2) is 6.07. The maximum Gasteiger partial charge on any atom is 0.141 e. The zero-order chi connectivity index (χ0) is 13.1. The molecular formula is C13H19ClFNS. The Balaban J connectivity index is 2.50. The molecule has 1 aromatic rings. The molecule has 0 bridgehead atoms. The van der Waals surface area contributed by atoms with Crippen molar-refractivity contribution in [3.63, 3.8) is 0 Å². The van der Waals surface area contributed by atoms with Crippen LogP contribution in [0.3, 0.4) is 0 Å². The van der Waals surface area contributed by atoms with Crippen LogP contribution in [0.4, 0.5) is 4.39 Å². The van der Waals surface area contributed by atoms with Crippen LogP contribution >= 0.6 is 23.4 Å². The van der Waals surface area contributed by atoms with E-state index in [0.717, 1.165) is 17.7 Å². The third-order valence-electron chi connectivity index (χ3n) is 2.21. The van der Waals surface area contributed by atoms with E-state index in [4.69, 9.17) is 17.3 Å². The molecule has 4 heteroatoms. The molecule has 0 spiro atoms. The zero-order valence-electron chi connectivity index (χ0n) is 10.5. The van der Waals surface area contributed by atoms with Gasteiger partial charge in [0.2, 0.25) is 0 Å². The number of rotatable bonds is 4. The molecule has 1 unspecified atom stereocenters. The summed E-state index contributed by atoms with van der Waals surface area (Å²) in [6.07, 6.45) is 0.725. The predicted molar refractivity (Wildman–Crippen MR) is 75.3 cm³/mol. The number of benzene rings is 1. The van der Waals surface area contributed by atoms with Gasteiger partial charge in [0.1, 0.15) is 5.82 Å². The van der Waals surface area contributed by atoms with E-state index >= 15 is 0 Å². The fourth-order valence-electron chi connectivity index (χ4n) is 1.39.